The molecule has 11 heteroatoms. The lowest BCUT2D eigenvalue weighted by Crippen LogP contribution is -2.31. The number of anilines is 1. The van der Waals surface area contributed by atoms with Crippen LogP contribution in [0.25, 0.3) is 0 Å². The lowest BCUT2D eigenvalue weighted by Gasteiger charge is -2.18. The zero-order valence-corrected chi connectivity index (χ0v) is 21.8. The second kappa shape index (κ2) is 16.0. The van der Waals surface area contributed by atoms with Gasteiger partial charge in [0.25, 0.3) is 0 Å². The van der Waals surface area contributed by atoms with Gasteiger partial charge >= 0.3 is 17.8 Å². The highest BCUT2D eigenvalue weighted by Crippen LogP contribution is 2.34. The van der Waals surface area contributed by atoms with Crippen LogP contribution in [0.2, 0.25) is 0 Å². The van der Waals surface area contributed by atoms with Crippen molar-refractivity contribution in [2.24, 2.45) is 0 Å². The van der Waals surface area contributed by atoms with Gasteiger partial charge in [-0.2, -0.15) is 18.2 Å². The van der Waals surface area contributed by atoms with E-state index >= 15 is 0 Å². The van der Waals surface area contributed by atoms with Gasteiger partial charge < -0.3 is 20.3 Å². The summed E-state index contributed by atoms with van der Waals surface area (Å²) in [5, 5.41) is 10.2. The van der Waals surface area contributed by atoms with Crippen molar-refractivity contribution in [2.75, 3.05) is 12.3 Å². The molecule has 3 N–H and O–H groups in total. The van der Waals surface area contributed by atoms with E-state index in [4.69, 9.17) is 15.2 Å². The van der Waals surface area contributed by atoms with Crippen molar-refractivity contribution in [3.05, 3.63) is 22.2 Å². The van der Waals surface area contributed by atoms with E-state index in [0.717, 1.165) is 19.3 Å². The van der Waals surface area contributed by atoms with Crippen LogP contribution in [0.3, 0.4) is 0 Å². The Morgan fingerprint density at radius 2 is 1.62 bits per heavy atom. The van der Waals surface area contributed by atoms with Crippen molar-refractivity contribution in [2.45, 2.75) is 128 Å². The number of alkyl halides is 3. The number of nitrogens with two attached hydrogens (primary N) is 1. The number of aliphatic hydroxyl groups excluding tert-OH is 1. The molecule has 8 nitrogen and oxygen atoms in total. The van der Waals surface area contributed by atoms with Crippen LogP contribution in [-0.2, 0) is 20.4 Å². The number of hydrogen-bond donors (Lipinski definition) is 2. The topological polar surface area (TPSA) is 117 Å². The van der Waals surface area contributed by atoms with Crippen molar-refractivity contribution in [3.63, 3.8) is 0 Å². The first-order valence-corrected chi connectivity index (χ1v) is 13.6. The predicted molar refractivity (Wildman–Crippen MR) is 134 cm³/mol. The van der Waals surface area contributed by atoms with E-state index < -0.39 is 47.7 Å². The number of aromatic nitrogens is 2. The number of hydrogen-bond acceptors (Lipinski definition) is 7. The van der Waals surface area contributed by atoms with Crippen LogP contribution in [0.5, 0.6) is 0 Å². The summed E-state index contributed by atoms with van der Waals surface area (Å²) in [6.45, 7) is 1.98. The Morgan fingerprint density at radius 3 is 2.16 bits per heavy atom. The van der Waals surface area contributed by atoms with Crippen molar-refractivity contribution in [3.8, 4) is 0 Å². The molecule has 1 saturated heterocycles. The number of carbonyl (C=O) groups is 1. The maximum absolute atomic E-state index is 13.1. The lowest BCUT2D eigenvalue weighted by molar-refractivity contribution is -0.150. The first-order chi connectivity index (χ1) is 17.6. The van der Waals surface area contributed by atoms with Gasteiger partial charge in [0, 0.05) is 19.0 Å². The molecule has 0 radical (unpaired) electrons. The molecule has 2 rings (SSSR count). The van der Waals surface area contributed by atoms with Gasteiger partial charge in [-0.1, -0.05) is 84.0 Å². The van der Waals surface area contributed by atoms with Crippen LogP contribution in [0.15, 0.2) is 11.0 Å². The molecule has 1 aromatic rings. The Kier molecular flexibility index (Phi) is 13.4. The van der Waals surface area contributed by atoms with E-state index in [1.165, 1.54) is 57.8 Å². The van der Waals surface area contributed by atoms with Gasteiger partial charge in [0.05, 0.1) is 6.10 Å². The molecule has 2 heterocycles. The minimum absolute atomic E-state index is 0.149. The van der Waals surface area contributed by atoms with E-state index in [1.807, 2.05) is 0 Å². The molecule has 0 aromatic carbocycles. The number of halogens is 3. The maximum atomic E-state index is 13.1. The number of ether oxygens (including phenoxy) is 2. The smallest absolute Gasteiger partial charge is 0.421 e. The van der Waals surface area contributed by atoms with E-state index in [1.54, 1.807) is 0 Å². The zero-order valence-electron chi connectivity index (χ0n) is 21.8. The quantitative estimate of drug-likeness (QED) is 0.200. The molecule has 1 fully saturated rings. The minimum atomic E-state index is -4.80. The number of esters is 1. The summed E-state index contributed by atoms with van der Waals surface area (Å²) in [5.74, 6) is -1.35. The normalized spacial score (nSPS) is 19.9. The number of unbranched alkanes of at least 4 members (excludes halogenated alkanes) is 12. The van der Waals surface area contributed by atoms with Crippen molar-refractivity contribution < 1.29 is 32.5 Å². The second-order valence-corrected chi connectivity index (χ2v) is 9.84. The largest absolute Gasteiger partial charge is 0.463 e. The Hall–Kier alpha value is -2.14. The Morgan fingerprint density at radius 1 is 1.08 bits per heavy atom. The van der Waals surface area contributed by atoms with Gasteiger partial charge in [-0.05, 0) is 6.42 Å². The van der Waals surface area contributed by atoms with Crippen LogP contribution in [0.4, 0.5) is 19.0 Å². The predicted octanol–water partition coefficient (Wildman–Crippen LogP) is 5.52. The Bertz CT molecular complexity index is 878. The summed E-state index contributed by atoms with van der Waals surface area (Å²) >= 11 is 0. The molecule has 1 aliphatic rings. The highest BCUT2D eigenvalue weighted by Gasteiger charge is 2.39. The molecule has 212 valence electrons. The zero-order chi connectivity index (χ0) is 27.3. The van der Waals surface area contributed by atoms with Crippen molar-refractivity contribution in [1.29, 1.82) is 0 Å². The molecule has 0 bridgehead atoms. The fraction of sp³-hybridized carbons (Fsp3) is 0.808. The number of carbonyl (C=O) groups excluding carboxylic acids is 1. The summed E-state index contributed by atoms with van der Waals surface area (Å²) in [4.78, 5) is 27.3. The summed E-state index contributed by atoms with van der Waals surface area (Å²) in [6, 6.07) is 0. The second-order valence-electron chi connectivity index (χ2n) is 9.84. The highest BCUT2D eigenvalue weighted by molar-refractivity contribution is 5.69. The Labute approximate surface area is 216 Å². The summed E-state index contributed by atoms with van der Waals surface area (Å²) in [7, 11) is 0. The molecular formula is C26H42F3N3O5. The third-order valence-electron chi connectivity index (χ3n) is 6.69. The van der Waals surface area contributed by atoms with Gasteiger partial charge in [-0.25, -0.2) is 4.79 Å². The molecule has 0 spiro atoms. The van der Waals surface area contributed by atoms with Gasteiger partial charge in [-0.15, -0.1) is 0 Å². The monoisotopic (exact) mass is 533 g/mol. The minimum Gasteiger partial charge on any atom is -0.463 e. The highest BCUT2D eigenvalue weighted by atomic mass is 19.4. The first kappa shape index (κ1) is 31.1. The van der Waals surface area contributed by atoms with Crippen LogP contribution >= 0.6 is 0 Å². The van der Waals surface area contributed by atoms with Gasteiger partial charge in [0.2, 0.25) is 0 Å². The van der Waals surface area contributed by atoms with Crippen molar-refractivity contribution in [1.82, 2.24) is 9.55 Å². The SMILES string of the molecule is CCCCCCCCCCCCCCCC(=O)OCC1OC(n2cc(C(F)(F)F)c(N)nc2=O)CC1O. The maximum Gasteiger partial charge on any atom is 0.421 e. The summed E-state index contributed by atoms with van der Waals surface area (Å²) in [5.41, 5.74) is 2.94. The van der Waals surface area contributed by atoms with E-state index in [2.05, 4.69) is 11.9 Å². The van der Waals surface area contributed by atoms with Gasteiger partial charge in [0.15, 0.2) is 0 Å². The van der Waals surface area contributed by atoms with E-state index in [-0.39, 0.29) is 19.4 Å². The molecule has 1 aromatic heterocycles. The fourth-order valence-corrected chi connectivity index (χ4v) is 4.48. The lowest BCUT2D eigenvalue weighted by atomic mass is 10.0. The van der Waals surface area contributed by atoms with E-state index in [0.29, 0.717) is 17.2 Å². The van der Waals surface area contributed by atoms with Gasteiger partial charge in [-0.3, -0.25) is 9.36 Å². The van der Waals surface area contributed by atoms with Crippen LogP contribution < -0.4 is 11.4 Å². The number of nitrogen functional groups attached to an aromatic ring is 1. The number of aliphatic hydroxyl groups is 1. The number of nitrogens with zero attached hydrogens (tertiary/aromatic N) is 2. The number of rotatable bonds is 17. The van der Waals surface area contributed by atoms with Gasteiger partial charge in [0.1, 0.15) is 30.3 Å². The first-order valence-electron chi connectivity index (χ1n) is 13.6. The average molecular weight is 534 g/mol. The third kappa shape index (κ3) is 11.0. The molecule has 37 heavy (non-hydrogen) atoms. The fourth-order valence-electron chi connectivity index (χ4n) is 4.48. The van der Waals surface area contributed by atoms with Crippen molar-refractivity contribution >= 4 is 11.8 Å². The molecule has 0 saturated carbocycles. The van der Waals surface area contributed by atoms with Crippen LogP contribution in [-0.4, -0.2) is 39.4 Å². The molecule has 3 unspecified atom stereocenters. The molecule has 0 amide bonds. The standard InChI is InChI=1S/C26H42F3N3O5/c1-2-3-4-5-6-7-8-9-10-11-12-13-14-15-23(34)36-18-21-20(33)16-22(37-21)32-17-19(26(27,28)29)24(30)31-25(32)35/h17,20-22,33H,2-16,18H2,1H3,(H2,30,31,35). The molecular weight excluding hydrogens is 491 g/mol. The van der Waals surface area contributed by atoms with Crippen LogP contribution in [0, 0.1) is 0 Å². The summed E-state index contributed by atoms with van der Waals surface area (Å²) in [6.07, 6.45) is 8.18. The molecule has 3 atom stereocenters. The third-order valence-corrected chi connectivity index (χ3v) is 6.69. The molecule has 0 aliphatic carbocycles. The molecule has 1 aliphatic heterocycles. The summed E-state index contributed by atoms with van der Waals surface area (Å²) < 4.78 is 50.7. The van der Waals surface area contributed by atoms with Crippen LogP contribution in [0.1, 0.15) is 115 Å². The van der Waals surface area contributed by atoms with E-state index in [9.17, 15) is 27.9 Å². The average Bonchev–Trinajstić information content (AvgIpc) is 3.20. The Balaban J connectivity index is 1.60.